The molecule has 41 heavy (non-hydrogen) atoms. The van der Waals surface area contributed by atoms with Crippen LogP contribution in [0.1, 0.15) is 59.9 Å². The van der Waals surface area contributed by atoms with Gasteiger partial charge >= 0.3 is 0 Å². The van der Waals surface area contributed by atoms with Gasteiger partial charge in [-0.15, -0.1) is 6.42 Å². The zero-order valence-electron chi connectivity index (χ0n) is 24.1. The molecule has 3 heterocycles. The van der Waals surface area contributed by atoms with Gasteiger partial charge in [0.25, 0.3) is 0 Å². The lowest BCUT2D eigenvalue weighted by Crippen LogP contribution is -2.47. The fourth-order valence-electron chi connectivity index (χ4n) is 5.57. The van der Waals surface area contributed by atoms with Gasteiger partial charge in [-0.1, -0.05) is 12.0 Å². The van der Waals surface area contributed by atoms with E-state index in [4.69, 9.17) is 11.5 Å². The summed E-state index contributed by atoms with van der Waals surface area (Å²) in [5.74, 6) is 2.56. The number of hydrogen-bond donors (Lipinski definition) is 1. The molecule has 1 aromatic carbocycles. The van der Waals surface area contributed by atoms with Gasteiger partial charge in [0.05, 0.1) is 34.7 Å². The summed E-state index contributed by atoms with van der Waals surface area (Å²) >= 11 is 1.34. The van der Waals surface area contributed by atoms with Gasteiger partial charge in [-0.3, -0.25) is 9.48 Å². The number of sulfonamides is 1. The summed E-state index contributed by atoms with van der Waals surface area (Å²) < 4.78 is 50.9. The summed E-state index contributed by atoms with van der Waals surface area (Å²) in [4.78, 5) is 16.9. The van der Waals surface area contributed by atoms with Gasteiger partial charge in [-0.05, 0) is 78.0 Å². The molecule has 2 fully saturated rings. The number of anilines is 1. The third-order valence-electron chi connectivity index (χ3n) is 8.40. The molecule has 3 atom stereocenters. The molecule has 220 valence electrons. The van der Waals surface area contributed by atoms with Gasteiger partial charge in [0, 0.05) is 41.0 Å². The van der Waals surface area contributed by atoms with Crippen molar-refractivity contribution < 1.29 is 17.6 Å². The van der Waals surface area contributed by atoms with Crippen LogP contribution in [0, 0.1) is 12.3 Å². The lowest BCUT2D eigenvalue weighted by atomic mass is 9.98. The number of amides is 1. The van der Waals surface area contributed by atoms with Crippen molar-refractivity contribution in [2.24, 2.45) is 4.40 Å². The van der Waals surface area contributed by atoms with Gasteiger partial charge in [0.1, 0.15) is 11.9 Å². The number of likely N-dealkylation sites (tertiary alicyclic amines) is 1. The van der Waals surface area contributed by atoms with Crippen LogP contribution in [-0.4, -0.2) is 77.4 Å². The molecule has 1 saturated heterocycles. The molecule has 1 amide bonds. The molecule has 1 aliphatic carbocycles. The summed E-state index contributed by atoms with van der Waals surface area (Å²) in [6.45, 7) is 9.59. The highest BCUT2D eigenvalue weighted by molar-refractivity contribution is 7.99. The molecule has 2 aliphatic heterocycles. The second-order valence-corrected chi connectivity index (χ2v) is 14.6. The number of nitrogens with zero attached hydrogens (tertiary/aromatic N) is 5. The number of nitrogens with one attached hydrogen (secondary N) is 1. The number of aromatic nitrogens is 2. The maximum Gasteiger partial charge on any atom is 0.249 e. The number of hydrogen-bond acceptors (Lipinski definition) is 7. The van der Waals surface area contributed by atoms with Gasteiger partial charge in [-0.25, -0.2) is 21.9 Å². The van der Waals surface area contributed by atoms with E-state index in [1.807, 2.05) is 13.8 Å². The Bertz CT molecular complexity index is 1590. The Morgan fingerprint density at radius 2 is 2.05 bits per heavy atom. The van der Waals surface area contributed by atoms with Crippen LogP contribution >= 0.6 is 11.9 Å². The number of terminal acetylenes is 1. The van der Waals surface area contributed by atoms with Crippen LogP contribution in [0.15, 0.2) is 39.3 Å². The van der Waals surface area contributed by atoms with Crippen molar-refractivity contribution in [1.82, 2.24) is 19.4 Å². The van der Waals surface area contributed by atoms with Crippen molar-refractivity contribution in [2.45, 2.75) is 81.1 Å². The van der Waals surface area contributed by atoms with Gasteiger partial charge < -0.3 is 9.80 Å². The molecular weight excluding hydrogens is 563 g/mol. The van der Waals surface area contributed by atoms with E-state index in [-0.39, 0.29) is 28.6 Å². The highest BCUT2D eigenvalue weighted by Crippen LogP contribution is 2.41. The highest BCUT2D eigenvalue weighted by atomic mass is 32.2. The Kier molecular flexibility index (Phi) is 7.76. The van der Waals surface area contributed by atoms with E-state index in [2.05, 4.69) is 19.9 Å². The molecule has 1 saturated carbocycles. The largest absolute Gasteiger partial charge is 0.363 e. The van der Waals surface area contributed by atoms with Crippen LogP contribution in [0.4, 0.5) is 10.1 Å². The molecular formula is C29H37FN6O3S2. The Labute approximate surface area is 245 Å². The third-order valence-corrected chi connectivity index (χ3v) is 11.0. The Balaban J connectivity index is 1.63. The summed E-state index contributed by atoms with van der Waals surface area (Å²) in [6, 6.07) is 2.98. The van der Waals surface area contributed by atoms with Crippen LogP contribution in [0.25, 0.3) is 10.9 Å². The maximum atomic E-state index is 14.5. The van der Waals surface area contributed by atoms with E-state index >= 15 is 0 Å². The van der Waals surface area contributed by atoms with Crippen LogP contribution < -0.4 is 9.62 Å². The number of alkyl halides is 1. The number of carbonyl (C=O) groups is 1. The standard InChI is InChI=1S/C29H37FN6O3S2/c1-7-19(3)27(37)35-16-21(13-29(35,6)18-30)36-26-12-23(41(38,39)33-28(5)9-10-28)11-25(24(26)14-31-36)34-15-20(4)32-40-22(8-2)17-34/h2,7,11-12,14,21-22,33H,9-10,13,15-18H2,1,3-6H3/b19-7+/t21?,22-,29?/m0/s1. The molecule has 3 aliphatic rings. The molecule has 1 N–H and O–H groups in total. The molecule has 2 unspecified atom stereocenters. The van der Waals surface area contributed by atoms with Crippen molar-refractivity contribution >= 4 is 50.2 Å². The van der Waals surface area contributed by atoms with Crippen LogP contribution in [0.5, 0.6) is 0 Å². The minimum Gasteiger partial charge on any atom is -0.363 e. The fourth-order valence-corrected chi connectivity index (χ4v) is 7.75. The lowest BCUT2D eigenvalue weighted by Gasteiger charge is -2.32. The summed E-state index contributed by atoms with van der Waals surface area (Å²) in [7, 11) is -3.86. The Hall–Kier alpha value is -2.88. The number of benzene rings is 1. The smallest absolute Gasteiger partial charge is 0.249 e. The maximum absolute atomic E-state index is 14.5. The monoisotopic (exact) mass is 600 g/mol. The topological polar surface area (TPSA) is 99.9 Å². The van der Waals surface area contributed by atoms with Gasteiger partial charge in [0.2, 0.25) is 15.9 Å². The van der Waals surface area contributed by atoms with E-state index in [9.17, 15) is 17.6 Å². The van der Waals surface area contributed by atoms with Crippen LogP contribution in [-0.2, 0) is 14.8 Å². The normalized spacial score (nSPS) is 26.6. The number of fused-ring (bicyclic) bond motifs is 1. The first-order valence-corrected chi connectivity index (χ1v) is 16.1. The van der Waals surface area contributed by atoms with E-state index in [1.165, 1.54) is 11.9 Å². The molecule has 9 nitrogen and oxygen atoms in total. The molecule has 2 aromatic rings. The fraction of sp³-hybridized carbons (Fsp3) is 0.552. The SMILES string of the molecule is C#C[C@H]1CN(c2cc(S(=O)(=O)NC3(C)CC3)cc3c2cnn3C2CN(C(=O)/C(C)=C/C)C(C)(CF)C2)CC(C)=NS1. The molecule has 5 rings (SSSR count). The number of rotatable bonds is 7. The summed E-state index contributed by atoms with van der Waals surface area (Å²) in [5, 5.41) is 5.25. The van der Waals surface area contributed by atoms with E-state index in [0.717, 1.165) is 23.9 Å². The molecule has 0 bridgehead atoms. The zero-order chi connectivity index (χ0) is 29.7. The number of halogens is 1. The first-order valence-electron chi connectivity index (χ1n) is 13.8. The van der Waals surface area contributed by atoms with E-state index in [1.54, 1.807) is 54.8 Å². The van der Waals surface area contributed by atoms with E-state index in [0.29, 0.717) is 36.3 Å². The first kappa shape index (κ1) is 29.6. The van der Waals surface area contributed by atoms with Gasteiger partial charge in [0.15, 0.2) is 0 Å². The predicted molar refractivity (Wildman–Crippen MR) is 162 cm³/mol. The number of carbonyl (C=O) groups excluding carboxylic acids is 1. The van der Waals surface area contributed by atoms with Crippen molar-refractivity contribution in [3.05, 3.63) is 30.0 Å². The van der Waals surface area contributed by atoms with Crippen molar-refractivity contribution in [1.29, 1.82) is 0 Å². The molecule has 1 aromatic heterocycles. The lowest BCUT2D eigenvalue weighted by molar-refractivity contribution is -0.131. The number of allylic oxidation sites excluding steroid dienone is 1. The minimum atomic E-state index is -3.86. The van der Waals surface area contributed by atoms with Crippen molar-refractivity contribution in [3.8, 4) is 12.3 Å². The quantitative estimate of drug-likeness (QED) is 0.290. The minimum absolute atomic E-state index is 0.127. The van der Waals surface area contributed by atoms with E-state index < -0.39 is 27.8 Å². The van der Waals surface area contributed by atoms with Crippen LogP contribution in [0.2, 0.25) is 0 Å². The third kappa shape index (κ3) is 5.64. The van der Waals surface area contributed by atoms with Gasteiger partial charge in [-0.2, -0.15) is 5.10 Å². The van der Waals surface area contributed by atoms with Crippen molar-refractivity contribution in [2.75, 3.05) is 31.2 Å². The Morgan fingerprint density at radius 1 is 1.32 bits per heavy atom. The summed E-state index contributed by atoms with van der Waals surface area (Å²) in [6.07, 6.45) is 11.1. The highest BCUT2D eigenvalue weighted by Gasteiger charge is 2.46. The molecule has 12 heteroatoms. The van der Waals surface area contributed by atoms with Crippen LogP contribution in [0.3, 0.4) is 0 Å². The zero-order valence-corrected chi connectivity index (χ0v) is 25.8. The first-order chi connectivity index (χ1) is 19.3. The average molecular weight is 601 g/mol. The average Bonchev–Trinajstić information content (AvgIpc) is 3.40. The summed E-state index contributed by atoms with van der Waals surface area (Å²) in [5.41, 5.74) is 1.25. The second-order valence-electron chi connectivity index (χ2n) is 12.0. The molecule has 0 spiro atoms. The molecule has 0 radical (unpaired) electrons. The Morgan fingerprint density at radius 3 is 2.68 bits per heavy atom. The van der Waals surface area contributed by atoms with Crippen molar-refractivity contribution in [3.63, 3.8) is 0 Å². The predicted octanol–water partition coefficient (Wildman–Crippen LogP) is 4.27. The second kappa shape index (κ2) is 10.7.